The summed E-state index contributed by atoms with van der Waals surface area (Å²) in [4.78, 5) is 70.9. The van der Waals surface area contributed by atoms with E-state index in [2.05, 4.69) is 10.6 Å². The fraction of sp³-hybridized carbons (Fsp3) is 0.533. The number of aldehydes is 1. The Morgan fingerprint density at radius 1 is 1.14 bits per heavy atom. The van der Waals surface area contributed by atoms with Gasteiger partial charge in [-0.05, 0) is 18.2 Å². The van der Waals surface area contributed by atoms with Crippen molar-refractivity contribution in [1.82, 2.24) is 15.5 Å². The number of rotatable bonds is 21. The summed E-state index contributed by atoms with van der Waals surface area (Å²) >= 11 is 0. The van der Waals surface area contributed by atoms with Gasteiger partial charge in [-0.15, -0.1) is 0 Å². The summed E-state index contributed by atoms with van der Waals surface area (Å²) in [7, 11) is -3.31. The van der Waals surface area contributed by atoms with E-state index in [4.69, 9.17) is 23.7 Å². The van der Waals surface area contributed by atoms with Crippen LogP contribution in [0, 0.1) is 0 Å². The van der Waals surface area contributed by atoms with Gasteiger partial charge in [-0.25, -0.2) is 4.79 Å². The Morgan fingerprint density at radius 2 is 1.88 bits per heavy atom. The Balaban J connectivity index is 1.87. The third-order valence-electron chi connectivity index (χ3n) is 6.71. The van der Waals surface area contributed by atoms with Crippen LogP contribution >= 0.6 is 0 Å². The highest BCUT2D eigenvalue weighted by Gasteiger charge is 2.34. The Labute approximate surface area is 287 Å². The maximum Gasteiger partial charge on any atom is 0.333 e. The van der Waals surface area contributed by atoms with Crippen LogP contribution in [0.1, 0.15) is 31.7 Å². The summed E-state index contributed by atoms with van der Waals surface area (Å²) in [6, 6.07) is 2.89. The first-order chi connectivity index (χ1) is 23.6. The number of ether oxygens (including phenoxy) is 5. The van der Waals surface area contributed by atoms with E-state index in [-0.39, 0.29) is 70.3 Å². The molecule has 4 atom stereocenters. The zero-order valence-electron chi connectivity index (χ0n) is 27.3. The third-order valence-corrected chi connectivity index (χ3v) is 7.46. The SMILES string of the molecule is CC(=O)OCc1ccc(OC2CC(O)CC(C(=O)O)O2)cc1OCCOCCNC(=O)C(CS(=O)(=O)O)NC(=O)CCN(C)C(=O)/C=C\C=O. The van der Waals surface area contributed by atoms with Crippen LogP contribution in [-0.4, -0.2) is 134 Å². The van der Waals surface area contributed by atoms with E-state index < -0.39 is 70.1 Å². The van der Waals surface area contributed by atoms with E-state index in [9.17, 15) is 52.0 Å². The van der Waals surface area contributed by atoms with Gasteiger partial charge in [0, 0.05) is 64.0 Å². The summed E-state index contributed by atoms with van der Waals surface area (Å²) < 4.78 is 59.5. The maximum absolute atomic E-state index is 12.6. The van der Waals surface area contributed by atoms with Gasteiger partial charge in [0.25, 0.3) is 10.1 Å². The number of carbonyl (C=O) groups excluding carboxylic acids is 5. The first-order valence-corrected chi connectivity index (χ1v) is 16.8. The second-order valence-corrected chi connectivity index (χ2v) is 12.3. The maximum atomic E-state index is 12.6. The topological polar surface area (TPSA) is 271 Å². The number of amides is 3. The lowest BCUT2D eigenvalue weighted by molar-refractivity contribution is -0.195. The number of hydrogen-bond acceptors (Lipinski definition) is 14. The highest BCUT2D eigenvalue weighted by atomic mass is 32.2. The number of esters is 1. The monoisotopic (exact) mass is 731 g/mol. The zero-order chi connectivity index (χ0) is 37.3. The van der Waals surface area contributed by atoms with E-state index in [1.807, 2.05) is 0 Å². The van der Waals surface area contributed by atoms with Gasteiger partial charge < -0.3 is 49.4 Å². The number of hydrogen-bond donors (Lipinski definition) is 5. The van der Waals surface area contributed by atoms with Crippen molar-refractivity contribution in [3.63, 3.8) is 0 Å². The third kappa shape index (κ3) is 16.2. The second-order valence-electron chi connectivity index (χ2n) is 10.8. The number of carbonyl (C=O) groups is 6. The molecule has 1 heterocycles. The molecule has 0 aliphatic carbocycles. The molecular weight excluding hydrogens is 690 g/mol. The quantitative estimate of drug-likeness (QED) is 0.0319. The van der Waals surface area contributed by atoms with Crippen LogP contribution in [0.4, 0.5) is 0 Å². The number of likely N-dealkylation sites (N-methyl/N-ethyl adjacent to an activating group) is 1. The number of benzene rings is 1. The lowest BCUT2D eigenvalue weighted by Gasteiger charge is -2.31. The Kier molecular flexibility index (Phi) is 17.3. The lowest BCUT2D eigenvalue weighted by Crippen LogP contribution is -2.51. The molecule has 1 aromatic rings. The van der Waals surface area contributed by atoms with Crippen molar-refractivity contribution in [3.8, 4) is 11.5 Å². The van der Waals surface area contributed by atoms with Crippen LogP contribution < -0.4 is 20.1 Å². The molecule has 1 aromatic carbocycles. The van der Waals surface area contributed by atoms with Crippen LogP contribution in [0.3, 0.4) is 0 Å². The van der Waals surface area contributed by atoms with Crippen LogP contribution in [0.5, 0.6) is 11.5 Å². The fourth-order valence-corrected chi connectivity index (χ4v) is 4.91. The van der Waals surface area contributed by atoms with Gasteiger partial charge in [0.1, 0.15) is 42.8 Å². The van der Waals surface area contributed by atoms with Gasteiger partial charge in [0.05, 0.1) is 19.3 Å². The second kappa shape index (κ2) is 20.8. The molecule has 0 aromatic heterocycles. The van der Waals surface area contributed by atoms with Gasteiger partial charge in [0.15, 0.2) is 6.10 Å². The number of nitrogens with zero attached hydrogens (tertiary/aromatic N) is 1. The van der Waals surface area contributed by atoms with Gasteiger partial charge in [-0.1, -0.05) is 0 Å². The number of allylic oxidation sites excluding steroid dienone is 1. The summed E-state index contributed by atoms with van der Waals surface area (Å²) in [5, 5.41) is 23.8. The van der Waals surface area contributed by atoms with Crippen molar-refractivity contribution in [1.29, 1.82) is 0 Å². The molecule has 3 amide bonds. The van der Waals surface area contributed by atoms with Crippen molar-refractivity contribution in [3.05, 3.63) is 35.9 Å². The van der Waals surface area contributed by atoms with Crippen LogP contribution in [0.25, 0.3) is 0 Å². The molecule has 1 saturated heterocycles. The molecule has 19 nitrogen and oxygen atoms in total. The molecule has 50 heavy (non-hydrogen) atoms. The van der Waals surface area contributed by atoms with E-state index in [1.165, 1.54) is 26.1 Å². The smallest absolute Gasteiger partial charge is 0.333 e. The van der Waals surface area contributed by atoms with Gasteiger partial charge in [-0.2, -0.15) is 8.42 Å². The molecule has 0 bridgehead atoms. The average Bonchev–Trinajstić information content (AvgIpc) is 3.03. The van der Waals surface area contributed by atoms with Crippen molar-refractivity contribution < 1.29 is 75.6 Å². The molecule has 1 fully saturated rings. The molecule has 278 valence electrons. The number of carboxylic acids is 1. The normalized spacial score (nSPS) is 18.0. The molecule has 5 N–H and O–H groups in total. The lowest BCUT2D eigenvalue weighted by atomic mass is 10.1. The van der Waals surface area contributed by atoms with Crippen molar-refractivity contribution >= 4 is 46.1 Å². The standard InChI is InChI=1S/C30H41N3O16S/c1-19(35)47-17-20-5-6-22(48-28-15-21(36)14-25(49-28)30(40)41)16-24(20)46-13-12-45-11-8-31-29(39)23(18-50(42,43)44)32-26(37)7-9-33(2)27(38)4-3-10-34/h3-6,10,16,21,23,25,28,36H,7-9,11-15,17-18H2,1-2H3,(H,31,39)(H,32,37)(H,40,41)(H,42,43,44)/b4-3-. The Morgan fingerprint density at radius 3 is 2.54 bits per heavy atom. The average molecular weight is 732 g/mol. The Hall–Kier alpha value is -4.63. The van der Waals surface area contributed by atoms with Gasteiger partial charge in [0.2, 0.25) is 24.0 Å². The minimum atomic E-state index is -4.68. The zero-order valence-corrected chi connectivity index (χ0v) is 28.2. The highest BCUT2D eigenvalue weighted by molar-refractivity contribution is 7.85. The predicted molar refractivity (Wildman–Crippen MR) is 169 cm³/mol. The highest BCUT2D eigenvalue weighted by Crippen LogP contribution is 2.29. The molecule has 2 rings (SSSR count). The molecule has 0 radical (unpaired) electrons. The molecule has 1 aliphatic rings. The van der Waals surface area contributed by atoms with Gasteiger partial charge >= 0.3 is 11.9 Å². The van der Waals surface area contributed by atoms with E-state index in [0.29, 0.717) is 11.8 Å². The van der Waals surface area contributed by atoms with Crippen LogP contribution in [-0.2, 0) is 59.7 Å². The number of carboxylic acid groups (broad SMARTS) is 1. The van der Waals surface area contributed by atoms with Gasteiger partial charge in [-0.3, -0.25) is 28.5 Å². The summed E-state index contributed by atoms with van der Waals surface area (Å²) in [6.07, 6.45) is -1.23. The first kappa shape index (κ1) is 41.5. The summed E-state index contributed by atoms with van der Waals surface area (Å²) in [6.45, 7) is 0.751. The minimum Gasteiger partial charge on any atom is -0.491 e. The molecule has 4 unspecified atom stereocenters. The van der Waals surface area contributed by atoms with E-state index >= 15 is 0 Å². The molecule has 20 heteroatoms. The van der Waals surface area contributed by atoms with Crippen molar-refractivity contribution in [2.24, 2.45) is 0 Å². The minimum absolute atomic E-state index is 0.00829. The van der Waals surface area contributed by atoms with E-state index in [1.54, 1.807) is 6.07 Å². The molecule has 0 saturated carbocycles. The summed E-state index contributed by atoms with van der Waals surface area (Å²) in [5.41, 5.74) is 0.465. The van der Waals surface area contributed by atoms with Crippen LogP contribution in [0.2, 0.25) is 0 Å². The number of aliphatic hydroxyl groups is 1. The first-order valence-electron chi connectivity index (χ1n) is 15.2. The number of aliphatic hydroxyl groups excluding tert-OH is 1. The fourth-order valence-electron chi connectivity index (χ4n) is 4.26. The van der Waals surface area contributed by atoms with Crippen molar-refractivity contribution in [2.75, 3.05) is 45.7 Å². The van der Waals surface area contributed by atoms with Crippen LogP contribution in [0.15, 0.2) is 30.4 Å². The number of aliphatic carboxylic acids is 1. The summed E-state index contributed by atoms with van der Waals surface area (Å²) in [5.74, 6) is -4.69. The predicted octanol–water partition coefficient (Wildman–Crippen LogP) is -1.43. The van der Waals surface area contributed by atoms with E-state index in [0.717, 1.165) is 17.1 Å². The molecule has 0 spiro atoms. The number of nitrogens with one attached hydrogen (secondary N) is 2. The Bertz CT molecular complexity index is 1480. The molecule has 1 aliphatic heterocycles. The largest absolute Gasteiger partial charge is 0.491 e. The van der Waals surface area contributed by atoms with Crippen molar-refractivity contribution in [2.45, 2.75) is 57.3 Å². The molecular formula is C30H41N3O16S.